The Labute approximate surface area is 123 Å². The van der Waals surface area contributed by atoms with E-state index in [1.165, 1.54) is 0 Å². The Kier molecular flexibility index (Phi) is 4.68. The van der Waals surface area contributed by atoms with Gasteiger partial charge < -0.3 is 15.4 Å². The first-order valence-electron chi connectivity index (χ1n) is 6.69. The Hall–Kier alpha value is -1.52. The molecule has 5 heteroatoms. The molecule has 0 bridgehead atoms. The summed E-state index contributed by atoms with van der Waals surface area (Å²) in [5.41, 5.74) is 2.01. The number of aromatic amines is 1. The highest BCUT2D eigenvalue weighted by molar-refractivity contribution is 6.31. The smallest absolute Gasteiger partial charge is 0.320 e. The SMILES string of the molecule is CC(C)CC(NCc1c[nH]c2cc(Cl)ccc12)C(=O)O. The van der Waals surface area contributed by atoms with Gasteiger partial charge in [-0.3, -0.25) is 4.79 Å². The van der Waals surface area contributed by atoms with Gasteiger partial charge in [-0.1, -0.05) is 31.5 Å². The van der Waals surface area contributed by atoms with Gasteiger partial charge >= 0.3 is 5.97 Å². The van der Waals surface area contributed by atoms with Crippen LogP contribution >= 0.6 is 11.6 Å². The minimum absolute atomic E-state index is 0.338. The summed E-state index contributed by atoms with van der Waals surface area (Å²) in [6.45, 7) is 4.56. The van der Waals surface area contributed by atoms with Gasteiger partial charge in [0, 0.05) is 28.7 Å². The van der Waals surface area contributed by atoms with Crippen molar-refractivity contribution in [2.75, 3.05) is 0 Å². The molecule has 2 aromatic rings. The molecule has 0 aliphatic heterocycles. The monoisotopic (exact) mass is 294 g/mol. The fourth-order valence-corrected chi connectivity index (χ4v) is 2.45. The van der Waals surface area contributed by atoms with Crippen molar-refractivity contribution in [3.63, 3.8) is 0 Å². The summed E-state index contributed by atoms with van der Waals surface area (Å²) in [5, 5.41) is 14.1. The van der Waals surface area contributed by atoms with Gasteiger partial charge in [-0.15, -0.1) is 0 Å². The van der Waals surface area contributed by atoms with Crippen molar-refractivity contribution >= 4 is 28.5 Å². The lowest BCUT2D eigenvalue weighted by molar-refractivity contribution is -0.140. The van der Waals surface area contributed by atoms with Crippen LogP contribution in [0.3, 0.4) is 0 Å². The lowest BCUT2D eigenvalue weighted by Gasteiger charge is -2.16. The average Bonchev–Trinajstić information content (AvgIpc) is 2.76. The molecule has 108 valence electrons. The number of carbonyl (C=O) groups is 1. The van der Waals surface area contributed by atoms with E-state index in [0.717, 1.165) is 16.5 Å². The molecular formula is C15H19ClN2O2. The molecule has 0 amide bonds. The summed E-state index contributed by atoms with van der Waals surface area (Å²) < 4.78 is 0. The largest absolute Gasteiger partial charge is 0.480 e. The van der Waals surface area contributed by atoms with E-state index in [1.54, 1.807) is 0 Å². The summed E-state index contributed by atoms with van der Waals surface area (Å²) in [4.78, 5) is 14.4. The molecule has 0 spiro atoms. The van der Waals surface area contributed by atoms with Crippen LogP contribution in [-0.4, -0.2) is 22.1 Å². The Bertz CT molecular complexity index is 607. The van der Waals surface area contributed by atoms with E-state index in [4.69, 9.17) is 11.6 Å². The number of carboxylic acids is 1. The van der Waals surface area contributed by atoms with Crippen LogP contribution in [0.2, 0.25) is 5.02 Å². The maximum atomic E-state index is 11.2. The molecule has 4 nitrogen and oxygen atoms in total. The zero-order chi connectivity index (χ0) is 14.7. The number of carboxylic acid groups (broad SMARTS) is 1. The third kappa shape index (κ3) is 3.52. The number of rotatable bonds is 6. The molecule has 1 unspecified atom stereocenters. The molecule has 0 saturated carbocycles. The Morgan fingerprint density at radius 3 is 2.85 bits per heavy atom. The van der Waals surface area contributed by atoms with Crippen molar-refractivity contribution in [2.45, 2.75) is 32.9 Å². The van der Waals surface area contributed by atoms with Crippen molar-refractivity contribution in [3.8, 4) is 0 Å². The maximum absolute atomic E-state index is 11.2. The van der Waals surface area contributed by atoms with Crippen LogP contribution in [0, 0.1) is 5.92 Å². The second-order valence-corrected chi connectivity index (χ2v) is 5.84. The first kappa shape index (κ1) is 14.9. The third-order valence-corrected chi connectivity index (χ3v) is 3.51. The van der Waals surface area contributed by atoms with Gasteiger partial charge in [-0.25, -0.2) is 0 Å². The minimum Gasteiger partial charge on any atom is -0.480 e. The van der Waals surface area contributed by atoms with E-state index in [1.807, 2.05) is 38.2 Å². The molecule has 3 N–H and O–H groups in total. The maximum Gasteiger partial charge on any atom is 0.320 e. The van der Waals surface area contributed by atoms with Gasteiger partial charge in [0.15, 0.2) is 0 Å². The average molecular weight is 295 g/mol. The number of nitrogens with one attached hydrogen (secondary N) is 2. The summed E-state index contributed by atoms with van der Waals surface area (Å²) in [7, 11) is 0. The van der Waals surface area contributed by atoms with Gasteiger partial charge in [0.2, 0.25) is 0 Å². The summed E-state index contributed by atoms with van der Waals surface area (Å²) in [6.07, 6.45) is 2.51. The quantitative estimate of drug-likeness (QED) is 0.765. The lowest BCUT2D eigenvalue weighted by Crippen LogP contribution is -2.37. The van der Waals surface area contributed by atoms with E-state index in [0.29, 0.717) is 23.9 Å². The second-order valence-electron chi connectivity index (χ2n) is 5.41. The van der Waals surface area contributed by atoms with Gasteiger partial charge in [-0.05, 0) is 30.0 Å². The van der Waals surface area contributed by atoms with Gasteiger partial charge in [0.1, 0.15) is 6.04 Å². The van der Waals surface area contributed by atoms with Crippen LogP contribution in [0.15, 0.2) is 24.4 Å². The fourth-order valence-electron chi connectivity index (χ4n) is 2.28. The van der Waals surface area contributed by atoms with Crippen molar-refractivity contribution in [2.24, 2.45) is 5.92 Å². The summed E-state index contributed by atoms with van der Waals surface area (Å²) >= 11 is 5.94. The minimum atomic E-state index is -0.804. The third-order valence-electron chi connectivity index (χ3n) is 3.27. The predicted molar refractivity (Wildman–Crippen MR) is 81.0 cm³/mol. The molecule has 2 rings (SSSR count). The number of fused-ring (bicyclic) bond motifs is 1. The van der Waals surface area contributed by atoms with E-state index in [-0.39, 0.29) is 0 Å². The van der Waals surface area contributed by atoms with E-state index in [2.05, 4.69) is 10.3 Å². The summed E-state index contributed by atoms with van der Waals surface area (Å²) in [6, 6.07) is 5.13. The summed E-state index contributed by atoms with van der Waals surface area (Å²) in [5.74, 6) is -0.466. The molecule has 1 atom stereocenters. The first-order valence-corrected chi connectivity index (χ1v) is 7.07. The predicted octanol–water partition coefficient (Wildman–Crippen LogP) is 3.41. The second kappa shape index (κ2) is 6.29. The normalized spacial score (nSPS) is 13.0. The van der Waals surface area contributed by atoms with Crippen molar-refractivity contribution in [1.29, 1.82) is 0 Å². The van der Waals surface area contributed by atoms with Gasteiger partial charge in [0.05, 0.1) is 0 Å². The van der Waals surface area contributed by atoms with E-state index in [9.17, 15) is 9.90 Å². The molecule has 1 heterocycles. The standard InChI is InChI=1S/C15H19ClN2O2/c1-9(2)5-14(15(19)20)18-8-10-7-17-13-6-11(16)3-4-12(10)13/h3-4,6-7,9,14,17-18H,5,8H2,1-2H3,(H,19,20). The van der Waals surface area contributed by atoms with Gasteiger partial charge in [0.25, 0.3) is 0 Å². The number of aromatic nitrogens is 1. The molecular weight excluding hydrogens is 276 g/mol. The fraction of sp³-hybridized carbons (Fsp3) is 0.400. The van der Waals surface area contributed by atoms with Crippen molar-refractivity contribution in [1.82, 2.24) is 10.3 Å². The number of aliphatic carboxylic acids is 1. The Morgan fingerprint density at radius 1 is 1.45 bits per heavy atom. The first-order chi connectivity index (χ1) is 9.47. The molecule has 20 heavy (non-hydrogen) atoms. The lowest BCUT2D eigenvalue weighted by atomic mass is 10.0. The molecule has 0 aliphatic rings. The highest BCUT2D eigenvalue weighted by atomic mass is 35.5. The zero-order valence-electron chi connectivity index (χ0n) is 11.6. The van der Waals surface area contributed by atoms with Crippen molar-refractivity contribution in [3.05, 3.63) is 35.0 Å². The van der Waals surface area contributed by atoms with Gasteiger partial charge in [-0.2, -0.15) is 0 Å². The van der Waals surface area contributed by atoms with E-state index < -0.39 is 12.0 Å². The number of H-pyrrole nitrogens is 1. The molecule has 1 aromatic heterocycles. The Balaban J connectivity index is 2.10. The number of halogens is 1. The number of hydrogen-bond acceptors (Lipinski definition) is 2. The highest BCUT2D eigenvalue weighted by Crippen LogP contribution is 2.22. The van der Waals surface area contributed by atoms with Crippen LogP contribution in [-0.2, 0) is 11.3 Å². The number of hydrogen-bond donors (Lipinski definition) is 3. The van der Waals surface area contributed by atoms with Crippen LogP contribution in [0.1, 0.15) is 25.8 Å². The molecule has 0 radical (unpaired) electrons. The van der Waals surface area contributed by atoms with Crippen LogP contribution in [0.25, 0.3) is 10.9 Å². The van der Waals surface area contributed by atoms with E-state index >= 15 is 0 Å². The molecule has 1 aromatic carbocycles. The Morgan fingerprint density at radius 2 is 2.20 bits per heavy atom. The highest BCUT2D eigenvalue weighted by Gasteiger charge is 2.18. The molecule has 0 aliphatic carbocycles. The van der Waals surface area contributed by atoms with Crippen LogP contribution in [0.5, 0.6) is 0 Å². The van der Waals surface area contributed by atoms with Crippen LogP contribution < -0.4 is 5.32 Å². The molecule has 0 fully saturated rings. The zero-order valence-corrected chi connectivity index (χ0v) is 12.4. The topological polar surface area (TPSA) is 65.1 Å². The van der Waals surface area contributed by atoms with Crippen LogP contribution in [0.4, 0.5) is 0 Å². The molecule has 0 saturated heterocycles. The van der Waals surface area contributed by atoms with Crippen molar-refractivity contribution < 1.29 is 9.90 Å². The number of benzene rings is 1.